The number of anilines is 1. The van der Waals surface area contributed by atoms with E-state index in [9.17, 15) is 4.79 Å². The number of amides is 1. The van der Waals surface area contributed by atoms with Crippen LogP contribution in [0.4, 0.5) is 5.82 Å². The molecule has 2 heterocycles. The monoisotopic (exact) mass is 304 g/mol. The Hall–Kier alpha value is -0.760. The Balaban J connectivity index is 2.23. The second-order valence-corrected chi connectivity index (χ2v) is 4.29. The van der Waals surface area contributed by atoms with Crippen molar-refractivity contribution in [3.05, 3.63) is 15.8 Å². The van der Waals surface area contributed by atoms with Crippen molar-refractivity contribution in [2.75, 3.05) is 11.4 Å². The number of halogens is 1. The van der Waals surface area contributed by atoms with Crippen LogP contribution >= 0.6 is 22.6 Å². The van der Waals surface area contributed by atoms with Crippen molar-refractivity contribution in [1.29, 1.82) is 0 Å². The van der Waals surface area contributed by atoms with E-state index in [0.29, 0.717) is 18.8 Å². The summed E-state index contributed by atoms with van der Waals surface area (Å²) < 4.78 is 0.808. The third kappa shape index (κ3) is 1.85. The van der Waals surface area contributed by atoms with Crippen LogP contribution in [0.15, 0.2) is 12.1 Å². The van der Waals surface area contributed by atoms with Crippen LogP contribution in [0.25, 0.3) is 0 Å². The van der Waals surface area contributed by atoms with E-state index >= 15 is 0 Å². The van der Waals surface area contributed by atoms with Crippen molar-refractivity contribution in [2.45, 2.75) is 12.5 Å². The van der Waals surface area contributed by atoms with Crippen LogP contribution in [0, 0.1) is 3.70 Å². The van der Waals surface area contributed by atoms with Gasteiger partial charge in [-0.25, -0.2) is 0 Å². The van der Waals surface area contributed by atoms with Gasteiger partial charge in [-0.3, -0.25) is 9.69 Å². The maximum atomic E-state index is 11.4. The topological polar surface area (TPSA) is 72.1 Å². The molecule has 1 aliphatic heterocycles. The standard InChI is InChI=1S/C8H9IN4O/c9-6-1-2-7(12-11-6)13-4-5(10)3-8(13)14/h1-2,5H,3-4,10H2. The predicted molar refractivity (Wildman–Crippen MR) is 59.7 cm³/mol. The highest BCUT2D eigenvalue weighted by atomic mass is 127. The molecular weight excluding hydrogens is 295 g/mol. The smallest absolute Gasteiger partial charge is 0.229 e. The number of nitrogens with two attached hydrogens (primary N) is 1. The number of carbonyl (C=O) groups excluding carboxylic acids is 1. The van der Waals surface area contributed by atoms with Crippen molar-refractivity contribution in [3.63, 3.8) is 0 Å². The molecular formula is C8H9IN4O. The van der Waals surface area contributed by atoms with E-state index in [1.807, 2.05) is 6.07 Å². The molecule has 0 aromatic carbocycles. The first-order valence-corrected chi connectivity index (χ1v) is 5.30. The van der Waals surface area contributed by atoms with Crippen molar-refractivity contribution < 1.29 is 4.79 Å². The number of hydrogen-bond donors (Lipinski definition) is 1. The zero-order valence-electron chi connectivity index (χ0n) is 7.35. The molecule has 6 heteroatoms. The van der Waals surface area contributed by atoms with Gasteiger partial charge in [-0.2, -0.15) is 0 Å². The Bertz CT molecular complexity index is 353. The zero-order valence-corrected chi connectivity index (χ0v) is 9.51. The maximum Gasteiger partial charge on any atom is 0.229 e. The summed E-state index contributed by atoms with van der Waals surface area (Å²) in [6.45, 7) is 0.536. The van der Waals surface area contributed by atoms with Crippen molar-refractivity contribution in [3.8, 4) is 0 Å². The fourth-order valence-electron chi connectivity index (χ4n) is 1.41. The first kappa shape index (κ1) is 9.78. The highest BCUT2D eigenvalue weighted by Gasteiger charge is 2.28. The van der Waals surface area contributed by atoms with E-state index < -0.39 is 0 Å². The molecule has 14 heavy (non-hydrogen) atoms. The van der Waals surface area contributed by atoms with Crippen LogP contribution in [0.5, 0.6) is 0 Å². The summed E-state index contributed by atoms with van der Waals surface area (Å²) in [5.41, 5.74) is 5.67. The molecule has 1 amide bonds. The molecule has 1 aromatic heterocycles. The van der Waals surface area contributed by atoms with E-state index in [1.165, 1.54) is 0 Å². The molecule has 0 aliphatic carbocycles. The van der Waals surface area contributed by atoms with Gasteiger partial charge in [0, 0.05) is 19.0 Å². The van der Waals surface area contributed by atoms with Crippen LogP contribution in [-0.2, 0) is 4.79 Å². The van der Waals surface area contributed by atoms with Gasteiger partial charge in [0.15, 0.2) is 5.82 Å². The molecule has 0 radical (unpaired) electrons. The molecule has 1 aromatic rings. The third-order valence-corrected chi connectivity index (χ3v) is 2.62. The fourth-order valence-corrected chi connectivity index (χ4v) is 1.70. The first-order chi connectivity index (χ1) is 6.66. The van der Waals surface area contributed by atoms with Crippen LogP contribution < -0.4 is 10.6 Å². The predicted octanol–water partition coefficient (Wildman–Crippen LogP) is 0.145. The van der Waals surface area contributed by atoms with Gasteiger partial charge < -0.3 is 5.73 Å². The Labute approximate surface area is 94.8 Å². The van der Waals surface area contributed by atoms with E-state index in [0.717, 1.165) is 3.70 Å². The van der Waals surface area contributed by atoms with Crippen molar-refractivity contribution in [1.82, 2.24) is 10.2 Å². The van der Waals surface area contributed by atoms with Gasteiger partial charge in [-0.05, 0) is 34.7 Å². The van der Waals surface area contributed by atoms with Gasteiger partial charge in [0.05, 0.1) is 0 Å². The van der Waals surface area contributed by atoms with E-state index in [2.05, 4.69) is 32.8 Å². The summed E-state index contributed by atoms with van der Waals surface area (Å²) in [4.78, 5) is 13.0. The summed E-state index contributed by atoms with van der Waals surface area (Å²) >= 11 is 2.07. The lowest BCUT2D eigenvalue weighted by molar-refractivity contribution is -0.117. The molecule has 1 unspecified atom stereocenters. The number of nitrogens with zero attached hydrogens (tertiary/aromatic N) is 3. The number of carbonyl (C=O) groups is 1. The van der Waals surface area contributed by atoms with Gasteiger partial charge in [0.2, 0.25) is 5.91 Å². The summed E-state index contributed by atoms with van der Waals surface area (Å²) in [7, 11) is 0. The van der Waals surface area contributed by atoms with Crippen LogP contribution in [0.3, 0.4) is 0 Å². The molecule has 0 bridgehead atoms. The summed E-state index contributed by atoms with van der Waals surface area (Å²) in [6.07, 6.45) is 0.396. The highest BCUT2D eigenvalue weighted by Crippen LogP contribution is 2.17. The third-order valence-electron chi connectivity index (χ3n) is 2.05. The molecule has 0 spiro atoms. The van der Waals surface area contributed by atoms with Crippen molar-refractivity contribution in [2.24, 2.45) is 5.73 Å². The quantitative estimate of drug-likeness (QED) is 0.750. The highest BCUT2D eigenvalue weighted by molar-refractivity contribution is 14.1. The lowest BCUT2D eigenvalue weighted by atomic mass is 10.3. The molecule has 2 rings (SSSR count). The lowest BCUT2D eigenvalue weighted by Crippen LogP contribution is -2.28. The second kappa shape index (κ2) is 3.77. The van der Waals surface area contributed by atoms with E-state index in [4.69, 9.17) is 5.73 Å². The van der Waals surface area contributed by atoms with Crippen LogP contribution in [0.1, 0.15) is 6.42 Å². The van der Waals surface area contributed by atoms with E-state index in [-0.39, 0.29) is 11.9 Å². The second-order valence-electron chi connectivity index (χ2n) is 3.18. The maximum absolute atomic E-state index is 11.4. The van der Waals surface area contributed by atoms with Gasteiger partial charge >= 0.3 is 0 Å². The van der Waals surface area contributed by atoms with Gasteiger partial charge in [-0.1, -0.05) is 0 Å². The molecule has 1 aliphatic rings. The minimum atomic E-state index is -0.0800. The molecule has 1 fully saturated rings. The molecule has 2 N–H and O–H groups in total. The Kier molecular flexibility index (Phi) is 2.64. The van der Waals surface area contributed by atoms with Gasteiger partial charge in [0.25, 0.3) is 0 Å². The van der Waals surface area contributed by atoms with Gasteiger partial charge in [-0.15, -0.1) is 10.2 Å². The largest absolute Gasteiger partial charge is 0.326 e. The van der Waals surface area contributed by atoms with Crippen LogP contribution in [0.2, 0.25) is 0 Å². The van der Waals surface area contributed by atoms with Crippen molar-refractivity contribution >= 4 is 34.3 Å². The average Bonchev–Trinajstić information content (AvgIpc) is 2.47. The normalized spacial score (nSPS) is 21.7. The fraction of sp³-hybridized carbons (Fsp3) is 0.375. The summed E-state index contributed by atoms with van der Waals surface area (Å²) in [5.74, 6) is 0.608. The average molecular weight is 304 g/mol. The Morgan fingerprint density at radius 1 is 1.50 bits per heavy atom. The molecule has 5 nitrogen and oxygen atoms in total. The van der Waals surface area contributed by atoms with E-state index in [1.54, 1.807) is 11.0 Å². The minimum absolute atomic E-state index is 0.0213. The minimum Gasteiger partial charge on any atom is -0.326 e. The van der Waals surface area contributed by atoms with Gasteiger partial charge in [0.1, 0.15) is 3.70 Å². The van der Waals surface area contributed by atoms with Crippen LogP contribution in [-0.4, -0.2) is 28.7 Å². The Morgan fingerprint density at radius 2 is 2.29 bits per heavy atom. The lowest BCUT2D eigenvalue weighted by Gasteiger charge is -2.13. The molecule has 74 valence electrons. The molecule has 0 saturated carbocycles. The molecule has 1 saturated heterocycles. The number of rotatable bonds is 1. The summed E-state index contributed by atoms with van der Waals surface area (Å²) in [5, 5.41) is 7.82. The Morgan fingerprint density at radius 3 is 2.79 bits per heavy atom. The SMILES string of the molecule is NC1CC(=O)N(c2ccc(I)nn2)C1. The molecule has 1 atom stereocenters. The number of aromatic nitrogens is 2. The zero-order chi connectivity index (χ0) is 10.1. The summed E-state index contributed by atoms with van der Waals surface area (Å²) in [6, 6.07) is 3.52. The number of hydrogen-bond acceptors (Lipinski definition) is 4. The first-order valence-electron chi connectivity index (χ1n) is 4.22.